The minimum absolute atomic E-state index is 0.0642. The van der Waals surface area contributed by atoms with Crippen molar-refractivity contribution < 1.29 is 18.5 Å². The Morgan fingerprint density at radius 3 is 2.60 bits per heavy atom. The minimum atomic E-state index is -0.935. The molecule has 162 valence electrons. The van der Waals surface area contributed by atoms with Crippen LogP contribution in [0.3, 0.4) is 0 Å². The fourth-order valence-electron chi connectivity index (χ4n) is 3.51. The van der Waals surface area contributed by atoms with Gasteiger partial charge in [0.2, 0.25) is 0 Å². The summed E-state index contributed by atoms with van der Waals surface area (Å²) < 4.78 is 23.8. The molecule has 0 spiro atoms. The van der Waals surface area contributed by atoms with Crippen LogP contribution in [0.5, 0.6) is 5.75 Å². The van der Waals surface area contributed by atoms with Crippen molar-refractivity contribution in [2.24, 2.45) is 0 Å². The number of benzene rings is 2. The van der Waals surface area contributed by atoms with Gasteiger partial charge in [-0.15, -0.1) is 0 Å². The van der Waals surface area contributed by atoms with Crippen molar-refractivity contribution in [3.8, 4) is 5.75 Å². The summed E-state index contributed by atoms with van der Waals surface area (Å²) in [5, 5.41) is 3.07. The molecule has 1 amide bonds. The number of para-hydroxylation sites is 1. The van der Waals surface area contributed by atoms with Crippen LogP contribution in [0.15, 0.2) is 48.5 Å². The molecule has 1 aliphatic heterocycles. The molecule has 0 saturated carbocycles. The van der Waals surface area contributed by atoms with Crippen molar-refractivity contribution in [3.05, 3.63) is 59.7 Å². The number of ether oxygens (including phenoxy) is 2. The Morgan fingerprint density at radius 2 is 1.87 bits per heavy atom. The lowest BCUT2D eigenvalue weighted by Crippen LogP contribution is -2.25. The zero-order valence-corrected chi connectivity index (χ0v) is 18.8. The standard InChI is InChI=1S/C24H31NO4S/c1-24(2,3)21-9-4-5-10-22(21)29-16-23(26)25-19-8-6-7-18(15-19)17-30(27)20-11-13-28-14-12-20/h4-10,15,20H,11-14,16-17H2,1-3H3,(H,25,26). The summed E-state index contributed by atoms with van der Waals surface area (Å²) in [5.74, 6) is 0.992. The molecule has 0 aliphatic carbocycles. The summed E-state index contributed by atoms with van der Waals surface area (Å²) in [6.45, 7) is 7.65. The summed E-state index contributed by atoms with van der Waals surface area (Å²) in [6.07, 6.45) is 1.69. The van der Waals surface area contributed by atoms with Crippen molar-refractivity contribution >= 4 is 22.4 Å². The van der Waals surface area contributed by atoms with E-state index in [0.717, 1.165) is 29.7 Å². The molecular formula is C24H31NO4S. The van der Waals surface area contributed by atoms with E-state index in [1.54, 1.807) is 0 Å². The SMILES string of the molecule is CC(C)(C)c1ccccc1OCC(=O)Nc1cccc(CS(=O)C2CCOCC2)c1. The Kier molecular flexibility index (Phi) is 7.67. The Bertz CT molecular complexity index is 885. The van der Waals surface area contributed by atoms with E-state index >= 15 is 0 Å². The zero-order chi connectivity index (χ0) is 21.6. The van der Waals surface area contributed by atoms with E-state index in [1.807, 2.05) is 48.5 Å². The molecular weight excluding hydrogens is 398 g/mol. The lowest BCUT2D eigenvalue weighted by molar-refractivity contribution is -0.118. The van der Waals surface area contributed by atoms with Crippen LogP contribution in [0.1, 0.15) is 44.7 Å². The fourth-order valence-corrected chi connectivity index (χ4v) is 4.97. The number of rotatable bonds is 7. The van der Waals surface area contributed by atoms with Crippen molar-refractivity contribution in [1.29, 1.82) is 0 Å². The predicted molar refractivity (Wildman–Crippen MR) is 121 cm³/mol. The number of nitrogens with one attached hydrogen (secondary N) is 1. The maximum absolute atomic E-state index is 12.6. The monoisotopic (exact) mass is 429 g/mol. The summed E-state index contributed by atoms with van der Waals surface area (Å²) in [7, 11) is -0.935. The zero-order valence-electron chi connectivity index (χ0n) is 18.0. The lowest BCUT2D eigenvalue weighted by atomic mass is 9.86. The van der Waals surface area contributed by atoms with E-state index in [4.69, 9.17) is 9.47 Å². The van der Waals surface area contributed by atoms with E-state index in [9.17, 15) is 9.00 Å². The van der Waals surface area contributed by atoms with Gasteiger partial charge in [0, 0.05) is 40.7 Å². The Balaban J connectivity index is 1.56. The first kappa shape index (κ1) is 22.5. The molecule has 1 heterocycles. The van der Waals surface area contributed by atoms with E-state index in [-0.39, 0.29) is 23.2 Å². The molecule has 1 N–H and O–H groups in total. The van der Waals surface area contributed by atoms with Crippen LogP contribution < -0.4 is 10.1 Å². The van der Waals surface area contributed by atoms with E-state index in [1.165, 1.54) is 0 Å². The average Bonchev–Trinajstić information content (AvgIpc) is 2.73. The first-order valence-electron chi connectivity index (χ1n) is 10.4. The molecule has 2 aromatic rings. The highest BCUT2D eigenvalue weighted by Gasteiger charge is 2.21. The van der Waals surface area contributed by atoms with E-state index in [0.29, 0.717) is 24.7 Å². The van der Waals surface area contributed by atoms with Gasteiger partial charge in [-0.25, -0.2) is 0 Å². The molecule has 0 aromatic heterocycles. The molecule has 1 atom stereocenters. The number of hydrogen-bond donors (Lipinski definition) is 1. The molecule has 6 heteroatoms. The molecule has 2 aromatic carbocycles. The van der Waals surface area contributed by atoms with Crippen molar-refractivity contribution in [2.75, 3.05) is 25.1 Å². The van der Waals surface area contributed by atoms with Gasteiger partial charge in [0.05, 0.1) is 0 Å². The van der Waals surface area contributed by atoms with Gasteiger partial charge in [0.15, 0.2) is 6.61 Å². The first-order chi connectivity index (χ1) is 14.3. The molecule has 1 unspecified atom stereocenters. The quantitative estimate of drug-likeness (QED) is 0.707. The van der Waals surface area contributed by atoms with Crippen LogP contribution in [0.4, 0.5) is 5.69 Å². The smallest absolute Gasteiger partial charge is 0.262 e. The third kappa shape index (κ3) is 6.41. The van der Waals surface area contributed by atoms with Crippen molar-refractivity contribution in [3.63, 3.8) is 0 Å². The number of carbonyl (C=O) groups excluding carboxylic acids is 1. The van der Waals surface area contributed by atoms with Gasteiger partial charge in [0.25, 0.3) is 5.91 Å². The van der Waals surface area contributed by atoms with Gasteiger partial charge in [-0.3, -0.25) is 9.00 Å². The molecule has 0 radical (unpaired) electrons. The molecule has 1 fully saturated rings. The second-order valence-electron chi connectivity index (χ2n) is 8.62. The minimum Gasteiger partial charge on any atom is -0.483 e. The number of carbonyl (C=O) groups is 1. The highest BCUT2D eigenvalue weighted by atomic mass is 32.2. The third-order valence-corrected chi connectivity index (χ3v) is 6.95. The summed E-state index contributed by atoms with van der Waals surface area (Å²) in [6, 6.07) is 15.3. The topological polar surface area (TPSA) is 64.6 Å². The average molecular weight is 430 g/mol. The molecule has 1 saturated heterocycles. The van der Waals surface area contributed by atoms with Gasteiger partial charge in [-0.2, -0.15) is 0 Å². The van der Waals surface area contributed by atoms with Crippen LogP contribution >= 0.6 is 0 Å². The van der Waals surface area contributed by atoms with Crippen LogP contribution in [0.2, 0.25) is 0 Å². The Labute approximate surface area is 181 Å². The van der Waals surface area contributed by atoms with Gasteiger partial charge < -0.3 is 14.8 Å². The van der Waals surface area contributed by atoms with Crippen LogP contribution in [0.25, 0.3) is 0 Å². The van der Waals surface area contributed by atoms with Crippen LogP contribution in [0, 0.1) is 0 Å². The number of amides is 1. The van der Waals surface area contributed by atoms with Crippen molar-refractivity contribution in [1.82, 2.24) is 0 Å². The highest BCUT2D eigenvalue weighted by molar-refractivity contribution is 7.84. The second-order valence-corrected chi connectivity index (χ2v) is 10.3. The molecule has 1 aliphatic rings. The maximum atomic E-state index is 12.6. The van der Waals surface area contributed by atoms with E-state index in [2.05, 4.69) is 26.1 Å². The lowest BCUT2D eigenvalue weighted by Gasteiger charge is -2.22. The molecule has 0 bridgehead atoms. The van der Waals surface area contributed by atoms with Crippen molar-refractivity contribution in [2.45, 2.75) is 50.0 Å². The Morgan fingerprint density at radius 1 is 1.13 bits per heavy atom. The van der Waals surface area contributed by atoms with Gasteiger partial charge in [-0.05, 0) is 47.6 Å². The van der Waals surface area contributed by atoms with Crippen LogP contribution in [-0.2, 0) is 31.5 Å². The highest BCUT2D eigenvalue weighted by Crippen LogP contribution is 2.30. The molecule has 3 rings (SSSR count). The first-order valence-corrected chi connectivity index (χ1v) is 11.8. The largest absolute Gasteiger partial charge is 0.483 e. The molecule has 30 heavy (non-hydrogen) atoms. The maximum Gasteiger partial charge on any atom is 0.262 e. The summed E-state index contributed by atoms with van der Waals surface area (Å²) in [5.41, 5.74) is 2.64. The van der Waals surface area contributed by atoms with Gasteiger partial charge in [-0.1, -0.05) is 51.1 Å². The predicted octanol–water partition coefficient (Wildman–Crippen LogP) is 4.43. The summed E-state index contributed by atoms with van der Waals surface area (Å²) in [4.78, 5) is 12.4. The van der Waals surface area contributed by atoms with Gasteiger partial charge >= 0.3 is 0 Å². The Hall–Kier alpha value is -2.18. The molecule has 5 nitrogen and oxygen atoms in total. The van der Waals surface area contributed by atoms with E-state index < -0.39 is 10.8 Å². The summed E-state index contributed by atoms with van der Waals surface area (Å²) >= 11 is 0. The fraction of sp³-hybridized carbons (Fsp3) is 0.458. The van der Waals surface area contributed by atoms with Crippen LogP contribution in [-0.4, -0.2) is 35.2 Å². The normalized spacial score (nSPS) is 16.1. The number of hydrogen-bond acceptors (Lipinski definition) is 4. The number of anilines is 1. The second kappa shape index (κ2) is 10.2. The third-order valence-electron chi connectivity index (χ3n) is 5.11. The van der Waals surface area contributed by atoms with Gasteiger partial charge in [0.1, 0.15) is 5.75 Å².